The molecule has 0 saturated carbocycles. The molecule has 0 saturated heterocycles. The number of aromatic carboxylic acids is 1. The van der Waals surface area contributed by atoms with Crippen LogP contribution in [0.25, 0.3) is 10.9 Å². The van der Waals surface area contributed by atoms with Gasteiger partial charge in [-0.1, -0.05) is 19.1 Å². The molecule has 0 aliphatic heterocycles. The molecule has 1 aromatic heterocycles. The van der Waals surface area contributed by atoms with Crippen molar-refractivity contribution in [3.05, 3.63) is 30.1 Å². The van der Waals surface area contributed by atoms with E-state index in [0.717, 1.165) is 11.8 Å². The van der Waals surface area contributed by atoms with Crippen molar-refractivity contribution >= 4 is 22.7 Å². The van der Waals surface area contributed by atoms with Crippen LogP contribution in [0.4, 0.5) is 5.82 Å². The van der Waals surface area contributed by atoms with Crippen LogP contribution in [-0.2, 0) is 0 Å². The summed E-state index contributed by atoms with van der Waals surface area (Å²) < 4.78 is 0. The summed E-state index contributed by atoms with van der Waals surface area (Å²) in [5.74, 6) is -0.918. The molecule has 1 heterocycles. The van der Waals surface area contributed by atoms with E-state index in [2.05, 4.69) is 15.3 Å². The zero-order chi connectivity index (χ0) is 15.5. The van der Waals surface area contributed by atoms with Crippen LogP contribution in [0, 0.1) is 0 Å². The van der Waals surface area contributed by atoms with E-state index in [1.165, 1.54) is 0 Å². The Morgan fingerprint density at radius 2 is 2.05 bits per heavy atom. The maximum Gasteiger partial charge on any atom is 0.374 e. The highest BCUT2D eigenvalue weighted by Gasteiger charge is 2.23. The Morgan fingerprint density at radius 1 is 1.33 bits per heavy atom. The number of carboxylic acid groups (broad SMARTS) is 1. The number of aliphatic hydroxyl groups excluding tert-OH is 1. The van der Waals surface area contributed by atoms with Crippen molar-refractivity contribution in [1.82, 2.24) is 9.97 Å². The average molecular weight is 289 g/mol. The minimum absolute atomic E-state index is 0.0478. The first-order chi connectivity index (χ1) is 9.99. The fourth-order valence-electron chi connectivity index (χ4n) is 2.13. The lowest BCUT2D eigenvalue weighted by Gasteiger charge is -2.30. The Morgan fingerprint density at radius 3 is 2.67 bits per heavy atom. The topological polar surface area (TPSA) is 95.3 Å². The van der Waals surface area contributed by atoms with E-state index in [0.29, 0.717) is 17.8 Å². The predicted octanol–water partition coefficient (Wildman–Crippen LogP) is 2.29. The van der Waals surface area contributed by atoms with Crippen molar-refractivity contribution < 1.29 is 15.0 Å². The number of benzene rings is 1. The van der Waals surface area contributed by atoms with Gasteiger partial charge in [0.05, 0.1) is 5.52 Å². The van der Waals surface area contributed by atoms with Crippen LogP contribution in [0.3, 0.4) is 0 Å². The number of nitrogens with one attached hydrogen (secondary N) is 1. The Kier molecular flexibility index (Phi) is 4.37. The van der Waals surface area contributed by atoms with Crippen LogP contribution in [0.5, 0.6) is 0 Å². The molecule has 0 aliphatic carbocycles. The quantitative estimate of drug-likeness (QED) is 0.755. The number of hydrogen-bond acceptors (Lipinski definition) is 5. The first-order valence-electron chi connectivity index (χ1n) is 6.88. The highest BCUT2D eigenvalue weighted by atomic mass is 16.4. The van der Waals surface area contributed by atoms with Crippen LogP contribution in [0.1, 0.15) is 37.3 Å². The van der Waals surface area contributed by atoms with E-state index in [4.69, 9.17) is 5.11 Å². The van der Waals surface area contributed by atoms with Crippen LogP contribution < -0.4 is 5.32 Å². The number of carboxylic acids is 1. The first-order valence-corrected chi connectivity index (χ1v) is 6.88. The zero-order valence-corrected chi connectivity index (χ0v) is 12.1. The lowest BCUT2D eigenvalue weighted by molar-refractivity contribution is 0.0684. The molecule has 2 rings (SSSR count). The molecule has 2 aromatic rings. The predicted molar refractivity (Wildman–Crippen MR) is 80.5 cm³/mol. The molecule has 0 bridgehead atoms. The zero-order valence-electron chi connectivity index (χ0n) is 12.1. The molecule has 1 atom stereocenters. The van der Waals surface area contributed by atoms with Crippen molar-refractivity contribution in [3.8, 4) is 0 Å². The molecule has 0 spiro atoms. The molecule has 0 fully saturated rings. The standard InChI is InChI=1S/C15H19N3O3/c1-3-15(2,8-9-19)18-12-10-6-4-5-7-11(10)16-13(17-12)14(20)21/h4-7,19H,3,8-9H2,1-2H3,(H,20,21)(H,16,17,18). The van der Waals surface area contributed by atoms with Gasteiger partial charge < -0.3 is 15.5 Å². The maximum atomic E-state index is 11.2. The Bertz CT molecular complexity index is 660. The number of nitrogens with zero attached hydrogens (tertiary/aromatic N) is 2. The number of fused-ring (bicyclic) bond motifs is 1. The molecular weight excluding hydrogens is 270 g/mol. The molecule has 0 radical (unpaired) electrons. The monoisotopic (exact) mass is 289 g/mol. The van der Waals surface area contributed by atoms with Gasteiger partial charge in [0, 0.05) is 17.5 Å². The van der Waals surface area contributed by atoms with E-state index >= 15 is 0 Å². The molecular formula is C15H19N3O3. The van der Waals surface area contributed by atoms with Gasteiger partial charge in [-0.05, 0) is 31.9 Å². The molecule has 6 heteroatoms. The van der Waals surface area contributed by atoms with Gasteiger partial charge in [0.15, 0.2) is 0 Å². The summed E-state index contributed by atoms with van der Waals surface area (Å²) in [6, 6.07) is 7.26. The van der Waals surface area contributed by atoms with Gasteiger partial charge in [-0.15, -0.1) is 0 Å². The fraction of sp³-hybridized carbons (Fsp3) is 0.400. The van der Waals surface area contributed by atoms with E-state index in [1.807, 2.05) is 26.0 Å². The van der Waals surface area contributed by atoms with Crippen molar-refractivity contribution in [3.63, 3.8) is 0 Å². The van der Waals surface area contributed by atoms with Crippen molar-refractivity contribution in [2.24, 2.45) is 0 Å². The number of aliphatic hydroxyl groups is 1. The summed E-state index contributed by atoms with van der Waals surface area (Å²) in [7, 11) is 0. The minimum Gasteiger partial charge on any atom is -0.475 e. The molecule has 1 unspecified atom stereocenters. The summed E-state index contributed by atoms with van der Waals surface area (Å²) in [5, 5.41) is 22.4. The Hall–Kier alpha value is -2.21. The number of carbonyl (C=O) groups is 1. The van der Waals surface area contributed by atoms with Crippen molar-refractivity contribution in [1.29, 1.82) is 0 Å². The summed E-state index contributed by atoms with van der Waals surface area (Å²) >= 11 is 0. The van der Waals surface area contributed by atoms with Crippen LogP contribution in [-0.4, -0.2) is 38.3 Å². The smallest absolute Gasteiger partial charge is 0.374 e. The third-order valence-electron chi connectivity index (χ3n) is 3.66. The molecule has 3 N–H and O–H groups in total. The third-order valence-corrected chi connectivity index (χ3v) is 3.66. The van der Waals surface area contributed by atoms with E-state index in [-0.39, 0.29) is 18.0 Å². The van der Waals surface area contributed by atoms with Gasteiger partial charge in [-0.2, -0.15) is 0 Å². The van der Waals surface area contributed by atoms with Crippen molar-refractivity contribution in [2.45, 2.75) is 32.2 Å². The Balaban J connectivity index is 2.53. The minimum atomic E-state index is -1.16. The lowest BCUT2D eigenvalue weighted by Crippen LogP contribution is -2.35. The van der Waals surface area contributed by atoms with Gasteiger partial charge in [0.25, 0.3) is 0 Å². The summed E-state index contributed by atoms with van der Waals surface area (Å²) in [5.41, 5.74) is 0.219. The summed E-state index contributed by atoms with van der Waals surface area (Å²) in [4.78, 5) is 19.3. The number of anilines is 1. The fourth-order valence-corrected chi connectivity index (χ4v) is 2.13. The molecule has 112 valence electrons. The van der Waals surface area contributed by atoms with Gasteiger partial charge in [0.2, 0.25) is 5.82 Å². The second-order valence-corrected chi connectivity index (χ2v) is 5.23. The maximum absolute atomic E-state index is 11.2. The van der Waals surface area contributed by atoms with Gasteiger partial charge in [-0.25, -0.2) is 14.8 Å². The highest BCUT2D eigenvalue weighted by molar-refractivity contribution is 5.93. The molecule has 21 heavy (non-hydrogen) atoms. The normalized spacial score (nSPS) is 13.9. The van der Waals surface area contributed by atoms with E-state index in [1.54, 1.807) is 12.1 Å². The molecule has 6 nitrogen and oxygen atoms in total. The van der Waals surface area contributed by atoms with Gasteiger partial charge in [-0.3, -0.25) is 0 Å². The number of rotatable bonds is 6. The molecule has 1 aromatic carbocycles. The van der Waals surface area contributed by atoms with E-state index in [9.17, 15) is 9.90 Å². The van der Waals surface area contributed by atoms with Gasteiger partial charge >= 0.3 is 5.97 Å². The second kappa shape index (κ2) is 6.05. The second-order valence-electron chi connectivity index (χ2n) is 5.23. The van der Waals surface area contributed by atoms with Crippen LogP contribution >= 0.6 is 0 Å². The molecule has 0 aliphatic rings. The lowest BCUT2D eigenvalue weighted by atomic mass is 9.94. The number of aromatic nitrogens is 2. The summed E-state index contributed by atoms with van der Waals surface area (Å²) in [6.45, 7) is 4.02. The molecule has 0 amide bonds. The van der Waals surface area contributed by atoms with E-state index < -0.39 is 5.97 Å². The third kappa shape index (κ3) is 3.28. The summed E-state index contributed by atoms with van der Waals surface area (Å²) in [6.07, 6.45) is 1.32. The SMILES string of the molecule is CCC(C)(CCO)Nc1nc(C(=O)O)nc2ccccc12. The van der Waals surface area contributed by atoms with Crippen molar-refractivity contribution in [2.75, 3.05) is 11.9 Å². The van der Waals surface area contributed by atoms with Crippen LogP contribution in [0.15, 0.2) is 24.3 Å². The highest BCUT2D eigenvalue weighted by Crippen LogP contribution is 2.26. The average Bonchev–Trinajstić information content (AvgIpc) is 2.47. The van der Waals surface area contributed by atoms with Crippen LogP contribution in [0.2, 0.25) is 0 Å². The van der Waals surface area contributed by atoms with Gasteiger partial charge in [0.1, 0.15) is 5.82 Å². The number of para-hydroxylation sites is 1. The Labute approximate surface area is 122 Å². The number of hydrogen-bond donors (Lipinski definition) is 3. The first kappa shape index (κ1) is 15.2. The largest absolute Gasteiger partial charge is 0.475 e.